The van der Waals surface area contributed by atoms with E-state index in [0.29, 0.717) is 6.04 Å². The number of nitrogens with one attached hydrogen (secondary N) is 1. The van der Waals surface area contributed by atoms with Crippen LogP contribution in [0.3, 0.4) is 0 Å². The van der Waals surface area contributed by atoms with Gasteiger partial charge in [0.1, 0.15) is 0 Å². The Morgan fingerprint density at radius 1 is 1.23 bits per heavy atom. The summed E-state index contributed by atoms with van der Waals surface area (Å²) >= 11 is 0. The predicted octanol–water partition coefficient (Wildman–Crippen LogP) is 1.77. The monoisotopic (exact) mass is 199 g/mol. The Labute approximate surface area is 84.7 Å². The number of hydrogen-bond donors (Lipinski definition) is 1. The van der Waals surface area contributed by atoms with E-state index in [0.717, 1.165) is 19.8 Å². The molecule has 0 radical (unpaired) electrons. The molecular formula is C10H14ClNO. The van der Waals surface area contributed by atoms with E-state index in [2.05, 4.69) is 29.6 Å². The lowest BCUT2D eigenvalue weighted by molar-refractivity contribution is 0.0769. The molecule has 1 aliphatic rings. The van der Waals surface area contributed by atoms with Gasteiger partial charge in [-0.05, 0) is 5.56 Å². The highest BCUT2D eigenvalue weighted by Crippen LogP contribution is 2.14. The van der Waals surface area contributed by atoms with Crippen LogP contribution in [-0.2, 0) is 4.74 Å². The third-order valence-electron chi connectivity index (χ3n) is 2.12. The fourth-order valence-electron chi connectivity index (χ4n) is 1.46. The van der Waals surface area contributed by atoms with E-state index < -0.39 is 0 Å². The molecule has 0 aromatic heterocycles. The molecule has 1 atom stereocenters. The predicted molar refractivity (Wildman–Crippen MR) is 55.3 cm³/mol. The minimum Gasteiger partial charge on any atom is -0.378 e. The molecule has 0 bridgehead atoms. The van der Waals surface area contributed by atoms with Crippen LogP contribution in [0.1, 0.15) is 11.6 Å². The van der Waals surface area contributed by atoms with E-state index >= 15 is 0 Å². The van der Waals surface area contributed by atoms with Crippen molar-refractivity contribution in [2.45, 2.75) is 6.04 Å². The summed E-state index contributed by atoms with van der Waals surface area (Å²) in [6.45, 7) is 2.59. The molecule has 1 aliphatic heterocycles. The van der Waals surface area contributed by atoms with Gasteiger partial charge in [0.25, 0.3) is 0 Å². The largest absolute Gasteiger partial charge is 0.378 e. The number of halogens is 1. The van der Waals surface area contributed by atoms with Crippen LogP contribution in [0.4, 0.5) is 0 Å². The van der Waals surface area contributed by atoms with Gasteiger partial charge in [0.15, 0.2) is 0 Å². The molecule has 2 nitrogen and oxygen atoms in total. The van der Waals surface area contributed by atoms with Crippen molar-refractivity contribution in [1.29, 1.82) is 0 Å². The van der Waals surface area contributed by atoms with E-state index in [1.54, 1.807) is 0 Å². The summed E-state index contributed by atoms with van der Waals surface area (Å²) < 4.78 is 5.37. The highest BCUT2D eigenvalue weighted by Gasteiger charge is 2.13. The summed E-state index contributed by atoms with van der Waals surface area (Å²) in [5.74, 6) is 0. The van der Waals surface area contributed by atoms with Crippen molar-refractivity contribution in [3.8, 4) is 0 Å². The van der Waals surface area contributed by atoms with Crippen LogP contribution in [-0.4, -0.2) is 19.8 Å². The van der Waals surface area contributed by atoms with Gasteiger partial charge in [0.2, 0.25) is 0 Å². The van der Waals surface area contributed by atoms with Crippen LogP contribution in [0.5, 0.6) is 0 Å². The molecule has 0 amide bonds. The molecule has 13 heavy (non-hydrogen) atoms. The van der Waals surface area contributed by atoms with Crippen LogP contribution in [0.25, 0.3) is 0 Å². The third kappa shape index (κ3) is 2.69. The zero-order valence-electron chi connectivity index (χ0n) is 7.40. The first-order chi connectivity index (χ1) is 5.97. The van der Waals surface area contributed by atoms with E-state index in [4.69, 9.17) is 4.74 Å². The second-order valence-corrected chi connectivity index (χ2v) is 2.99. The van der Waals surface area contributed by atoms with Gasteiger partial charge in [-0.15, -0.1) is 12.4 Å². The van der Waals surface area contributed by atoms with Crippen LogP contribution in [0.15, 0.2) is 30.3 Å². The smallest absolute Gasteiger partial charge is 0.0662 e. The van der Waals surface area contributed by atoms with Crippen molar-refractivity contribution in [1.82, 2.24) is 5.32 Å². The summed E-state index contributed by atoms with van der Waals surface area (Å²) in [6.07, 6.45) is 0. The van der Waals surface area contributed by atoms with Crippen molar-refractivity contribution in [3.05, 3.63) is 35.9 Å². The molecule has 0 unspecified atom stereocenters. The van der Waals surface area contributed by atoms with Crippen molar-refractivity contribution in [2.24, 2.45) is 0 Å². The van der Waals surface area contributed by atoms with Gasteiger partial charge in [-0.1, -0.05) is 30.3 Å². The minimum absolute atomic E-state index is 0. The first-order valence-electron chi connectivity index (χ1n) is 4.33. The van der Waals surface area contributed by atoms with Crippen LogP contribution in [0, 0.1) is 0 Å². The van der Waals surface area contributed by atoms with E-state index in [-0.39, 0.29) is 12.4 Å². The van der Waals surface area contributed by atoms with Gasteiger partial charge in [-0.3, -0.25) is 0 Å². The van der Waals surface area contributed by atoms with Gasteiger partial charge >= 0.3 is 0 Å². The maximum Gasteiger partial charge on any atom is 0.0662 e. The van der Waals surface area contributed by atoms with Crippen LogP contribution in [0.2, 0.25) is 0 Å². The molecular weight excluding hydrogens is 186 g/mol. The second-order valence-electron chi connectivity index (χ2n) is 2.99. The Hall–Kier alpha value is -0.570. The second kappa shape index (κ2) is 5.22. The zero-order valence-corrected chi connectivity index (χ0v) is 8.22. The van der Waals surface area contributed by atoms with Gasteiger partial charge in [0.05, 0.1) is 19.3 Å². The first-order valence-corrected chi connectivity index (χ1v) is 4.33. The molecule has 1 heterocycles. The maximum absolute atomic E-state index is 5.37. The molecule has 0 aliphatic carbocycles. The molecule has 1 fully saturated rings. The molecule has 1 saturated heterocycles. The van der Waals surface area contributed by atoms with E-state index in [9.17, 15) is 0 Å². The van der Waals surface area contributed by atoms with Crippen molar-refractivity contribution in [2.75, 3.05) is 19.8 Å². The number of benzene rings is 1. The average molecular weight is 200 g/mol. The maximum atomic E-state index is 5.37. The molecule has 1 N–H and O–H groups in total. The summed E-state index contributed by atoms with van der Waals surface area (Å²) in [6, 6.07) is 10.8. The lowest BCUT2D eigenvalue weighted by atomic mass is 10.1. The molecule has 1 aromatic carbocycles. The van der Waals surface area contributed by atoms with Gasteiger partial charge in [-0.2, -0.15) is 0 Å². The lowest BCUT2D eigenvalue weighted by Gasteiger charge is -2.23. The van der Waals surface area contributed by atoms with Gasteiger partial charge < -0.3 is 10.1 Å². The summed E-state index contributed by atoms with van der Waals surface area (Å²) in [5.41, 5.74) is 1.32. The Bertz CT molecular complexity index is 234. The van der Waals surface area contributed by atoms with E-state index in [1.165, 1.54) is 5.56 Å². The highest BCUT2D eigenvalue weighted by molar-refractivity contribution is 5.85. The SMILES string of the molecule is Cl.c1ccc([C@H]2COCCN2)cc1. The van der Waals surface area contributed by atoms with Gasteiger partial charge in [0, 0.05) is 6.54 Å². The quantitative estimate of drug-likeness (QED) is 0.745. The molecule has 1 aromatic rings. The molecule has 72 valence electrons. The van der Waals surface area contributed by atoms with Crippen molar-refractivity contribution < 1.29 is 4.74 Å². The van der Waals surface area contributed by atoms with Crippen molar-refractivity contribution >= 4 is 12.4 Å². The fraction of sp³-hybridized carbons (Fsp3) is 0.400. The topological polar surface area (TPSA) is 21.3 Å². The number of ether oxygens (including phenoxy) is 1. The summed E-state index contributed by atoms with van der Waals surface area (Å²) in [5, 5.41) is 3.41. The minimum atomic E-state index is 0. The van der Waals surface area contributed by atoms with Crippen LogP contribution < -0.4 is 5.32 Å². The number of morpholine rings is 1. The molecule has 3 heteroatoms. The Morgan fingerprint density at radius 2 is 2.00 bits per heavy atom. The van der Waals surface area contributed by atoms with Crippen molar-refractivity contribution in [3.63, 3.8) is 0 Å². The van der Waals surface area contributed by atoms with E-state index in [1.807, 2.05) is 6.07 Å². The Balaban J connectivity index is 0.000000845. The zero-order chi connectivity index (χ0) is 8.23. The summed E-state index contributed by atoms with van der Waals surface area (Å²) in [7, 11) is 0. The highest BCUT2D eigenvalue weighted by atomic mass is 35.5. The molecule has 0 saturated carbocycles. The van der Waals surface area contributed by atoms with Crippen LogP contribution >= 0.6 is 12.4 Å². The lowest BCUT2D eigenvalue weighted by Crippen LogP contribution is -2.34. The standard InChI is InChI=1S/C10H13NO.ClH/c1-2-4-9(5-3-1)10-8-12-7-6-11-10;/h1-5,10-11H,6-8H2;1H/t10-;/m1./s1. The third-order valence-corrected chi connectivity index (χ3v) is 2.12. The normalized spacial score (nSPS) is 22.0. The fourth-order valence-corrected chi connectivity index (χ4v) is 1.46. The molecule has 0 spiro atoms. The average Bonchev–Trinajstić information content (AvgIpc) is 2.21. The van der Waals surface area contributed by atoms with Gasteiger partial charge in [-0.25, -0.2) is 0 Å². The number of hydrogen-bond acceptors (Lipinski definition) is 2. The Morgan fingerprint density at radius 3 is 2.62 bits per heavy atom. The summed E-state index contributed by atoms with van der Waals surface area (Å²) in [4.78, 5) is 0. The Kier molecular flexibility index (Phi) is 4.22. The number of rotatable bonds is 1. The molecule has 2 rings (SSSR count). The first kappa shape index (κ1) is 10.5.